The van der Waals surface area contributed by atoms with E-state index in [2.05, 4.69) is 27.2 Å². The highest BCUT2D eigenvalue weighted by Gasteiger charge is 2.41. The molecule has 0 aliphatic carbocycles. The monoisotopic (exact) mass is 330 g/mol. The van der Waals surface area contributed by atoms with Gasteiger partial charge in [-0.1, -0.05) is 11.3 Å². The molecule has 1 fully saturated rings. The first kappa shape index (κ1) is 14.6. The molecule has 4 heterocycles. The molecule has 1 aliphatic rings. The lowest BCUT2D eigenvalue weighted by atomic mass is 9.91. The van der Waals surface area contributed by atoms with Crippen molar-refractivity contribution in [2.45, 2.75) is 38.3 Å². The SMILES string of the molecule is Cc1ccc(C(Nc2nc3nccnc3s2)C2(C)CCCO2)o1. The molecule has 4 rings (SSSR count). The quantitative estimate of drug-likeness (QED) is 0.786. The van der Waals surface area contributed by atoms with Crippen molar-refractivity contribution < 1.29 is 9.15 Å². The topological polar surface area (TPSA) is 73.1 Å². The lowest BCUT2D eigenvalue weighted by Crippen LogP contribution is -2.36. The zero-order valence-electron chi connectivity index (χ0n) is 13.1. The molecule has 0 bridgehead atoms. The summed E-state index contributed by atoms with van der Waals surface area (Å²) in [4.78, 5) is 13.9. The van der Waals surface area contributed by atoms with E-state index < -0.39 is 0 Å². The summed E-state index contributed by atoms with van der Waals surface area (Å²) in [6, 6.07) is 3.88. The number of nitrogens with zero attached hydrogens (tertiary/aromatic N) is 3. The minimum absolute atomic E-state index is 0.0979. The maximum absolute atomic E-state index is 6.04. The van der Waals surface area contributed by atoms with Crippen LogP contribution in [0.25, 0.3) is 10.5 Å². The summed E-state index contributed by atoms with van der Waals surface area (Å²) < 4.78 is 11.9. The van der Waals surface area contributed by atoms with Crippen LogP contribution in [0.15, 0.2) is 28.9 Å². The van der Waals surface area contributed by atoms with Crippen LogP contribution in [0.5, 0.6) is 0 Å². The van der Waals surface area contributed by atoms with Crippen LogP contribution in [0.3, 0.4) is 0 Å². The molecule has 3 aromatic heterocycles. The zero-order valence-corrected chi connectivity index (χ0v) is 13.9. The first-order valence-corrected chi connectivity index (χ1v) is 8.50. The van der Waals surface area contributed by atoms with Gasteiger partial charge < -0.3 is 14.5 Å². The van der Waals surface area contributed by atoms with Crippen LogP contribution in [0.1, 0.15) is 37.3 Å². The van der Waals surface area contributed by atoms with Crippen LogP contribution >= 0.6 is 11.3 Å². The normalized spacial score (nSPS) is 22.5. The zero-order chi connectivity index (χ0) is 15.9. The first-order valence-electron chi connectivity index (χ1n) is 7.68. The second-order valence-electron chi connectivity index (χ2n) is 5.99. The highest BCUT2D eigenvalue weighted by Crippen LogP contribution is 2.41. The Labute approximate surface area is 137 Å². The number of hydrogen-bond acceptors (Lipinski definition) is 7. The third kappa shape index (κ3) is 2.70. The molecule has 0 spiro atoms. The first-order chi connectivity index (χ1) is 11.1. The Morgan fingerprint density at radius 3 is 2.87 bits per heavy atom. The molecule has 7 heteroatoms. The van der Waals surface area contributed by atoms with Crippen LogP contribution in [0.4, 0.5) is 5.13 Å². The molecular formula is C16H18N4O2S. The van der Waals surface area contributed by atoms with Crippen molar-refractivity contribution in [1.29, 1.82) is 0 Å². The van der Waals surface area contributed by atoms with Gasteiger partial charge in [-0.25, -0.2) is 9.97 Å². The van der Waals surface area contributed by atoms with Crippen molar-refractivity contribution in [2.75, 3.05) is 11.9 Å². The molecule has 0 saturated carbocycles. The van der Waals surface area contributed by atoms with E-state index in [4.69, 9.17) is 9.15 Å². The number of nitrogens with one attached hydrogen (secondary N) is 1. The van der Waals surface area contributed by atoms with Crippen molar-refractivity contribution in [1.82, 2.24) is 15.0 Å². The fourth-order valence-electron chi connectivity index (χ4n) is 3.02. The standard InChI is InChI=1S/C16H18N4O2S/c1-10-4-5-11(22-10)12(16(2)6-3-9-21-16)19-15-20-13-14(23-15)18-8-7-17-13/h4-5,7-8,12H,3,6,9H2,1-2H3,(H,17,19,20). The Hall–Kier alpha value is -1.99. The van der Waals surface area contributed by atoms with Crippen LogP contribution < -0.4 is 5.32 Å². The molecule has 120 valence electrons. The Morgan fingerprint density at radius 2 is 2.17 bits per heavy atom. The Bertz CT molecular complexity index is 789. The van der Waals surface area contributed by atoms with E-state index >= 15 is 0 Å². The van der Waals surface area contributed by atoms with E-state index in [9.17, 15) is 0 Å². The van der Waals surface area contributed by atoms with Crippen molar-refractivity contribution in [2.24, 2.45) is 0 Å². The van der Waals surface area contributed by atoms with E-state index in [1.165, 1.54) is 11.3 Å². The van der Waals surface area contributed by atoms with Gasteiger partial charge in [-0.15, -0.1) is 0 Å². The summed E-state index contributed by atoms with van der Waals surface area (Å²) >= 11 is 1.49. The number of aryl methyl sites for hydroxylation is 1. The highest BCUT2D eigenvalue weighted by molar-refractivity contribution is 7.21. The second-order valence-corrected chi connectivity index (χ2v) is 6.97. The van der Waals surface area contributed by atoms with Crippen LogP contribution in [0, 0.1) is 6.92 Å². The van der Waals surface area contributed by atoms with E-state index in [0.29, 0.717) is 5.65 Å². The molecule has 3 aromatic rings. The number of rotatable bonds is 4. The highest BCUT2D eigenvalue weighted by atomic mass is 32.1. The summed E-state index contributed by atoms with van der Waals surface area (Å²) in [5.74, 6) is 1.76. The fourth-order valence-corrected chi connectivity index (χ4v) is 3.82. The summed E-state index contributed by atoms with van der Waals surface area (Å²) in [6.45, 7) is 4.85. The van der Waals surface area contributed by atoms with Gasteiger partial charge in [0, 0.05) is 19.0 Å². The molecular weight excluding hydrogens is 312 g/mol. The molecule has 1 saturated heterocycles. The third-order valence-electron chi connectivity index (χ3n) is 4.22. The predicted molar refractivity (Wildman–Crippen MR) is 88.6 cm³/mol. The smallest absolute Gasteiger partial charge is 0.191 e. The molecule has 0 amide bonds. The minimum Gasteiger partial charge on any atom is -0.464 e. The summed E-state index contributed by atoms with van der Waals surface area (Å²) in [5, 5.41) is 4.27. The molecule has 1 aliphatic heterocycles. The Kier molecular flexibility index (Phi) is 3.54. The van der Waals surface area contributed by atoms with Gasteiger partial charge in [0.1, 0.15) is 17.6 Å². The van der Waals surface area contributed by atoms with E-state index in [1.807, 2.05) is 19.1 Å². The van der Waals surface area contributed by atoms with Gasteiger partial charge in [-0.2, -0.15) is 4.98 Å². The summed E-state index contributed by atoms with van der Waals surface area (Å²) in [5.41, 5.74) is 0.343. The summed E-state index contributed by atoms with van der Waals surface area (Å²) in [7, 11) is 0. The third-order valence-corrected chi connectivity index (χ3v) is 5.10. The maximum Gasteiger partial charge on any atom is 0.191 e. The van der Waals surface area contributed by atoms with Crippen LogP contribution in [-0.4, -0.2) is 27.2 Å². The minimum atomic E-state index is -0.316. The van der Waals surface area contributed by atoms with Crippen LogP contribution in [0.2, 0.25) is 0 Å². The number of aromatic nitrogens is 3. The molecule has 1 N–H and O–H groups in total. The second kappa shape index (κ2) is 5.58. The molecule has 23 heavy (non-hydrogen) atoms. The van der Waals surface area contributed by atoms with Gasteiger partial charge in [-0.05, 0) is 38.8 Å². The van der Waals surface area contributed by atoms with Gasteiger partial charge in [-0.3, -0.25) is 0 Å². The van der Waals surface area contributed by atoms with E-state index in [0.717, 1.165) is 40.9 Å². The molecule has 2 unspecified atom stereocenters. The van der Waals surface area contributed by atoms with Crippen molar-refractivity contribution in [3.05, 3.63) is 36.0 Å². The average molecular weight is 330 g/mol. The summed E-state index contributed by atoms with van der Waals surface area (Å²) in [6.07, 6.45) is 5.36. The lowest BCUT2D eigenvalue weighted by molar-refractivity contribution is -0.00117. The largest absolute Gasteiger partial charge is 0.464 e. The van der Waals surface area contributed by atoms with Gasteiger partial charge in [0.05, 0.1) is 5.60 Å². The predicted octanol–water partition coefficient (Wildman–Crippen LogP) is 3.71. The number of thiazole rings is 1. The number of ether oxygens (including phenoxy) is 1. The lowest BCUT2D eigenvalue weighted by Gasteiger charge is -2.32. The molecule has 0 aromatic carbocycles. The van der Waals surface area contributed by atoms with Gasteiger partial charge in [0.15, 0.2) is 15.6 Å². The van der Waals surface area contributed by atoms with Gasteiger partial charge in [0.25, 0.3) is 0 Å². The fraction of sp³-hybridized carbons (Fsp3) is 0.438. The van der Waals surface area contributed by atoms with Crippen LogP contribution in [-0.2, 0) is 4.74 Å². The Balaban J connectivity index is 1.70. The number of fused-ring (bicyclic) bond motifs is 1. The van der Waals surface area contributed by atoms with Crippen molar-refractivity contribution in [3.8, 4) is 0 Å². The average Bonchev–Trinajstić information content (AvgIpc) is 3.24. The van der Waals surface area contributed by atoms with Crippen molar-refractivity contribution >= 4 is 26.9 Å². The van der Waals surface area contributed by atoms with Gasteiger partial charge >= 0.3 is 0 Å². The van der Waals surface area contributed by atoms with E-state index in [-0.39, 0.29) is 11.6 Å². The molecule has 2 atom stereocenters. The van der Waals surface area contributed by atoms with E-state index in [1.54, 1.807) is 12.4 Å². The van der Waals surface area contributed by atoms with Crippen molar-refractivity contribution in [3.63, 3.8) is 0 Å². The Morgan fingerprint density at radius 1 is 1.30 bits per heavy atom. The number of hydrogen-bond donors (Lipinski definition) is 1. The molecule has 0 radical (unpaired) electrons. The van der Waals surface area contributed by atoms with Gasteiger partial charge in [0.2, 0.25) is 0 Å². The maximum atomic E-state index is 6.04. The molecule has 6 nitrogen and oxygen atoms in total. The number of anilines is 1. The number of furan rings is 1.